The normalized spacial score (nSPS) is 28.0. The van der Waals surface area contributed by atoms with Gasteiger partial charge in [-0.15, -0.1) is 0 Å². The molecule has 1 N–H and O–H groups in total. The highest BCUT2D eigenvalue weighted by molar-refractivity contribution is 6.61. The third-order valence-corrected chi connectivity index (χ3v) is 5.02. The van der Waals surface area contributed by atoms with Crippen molar-refractivity contribution in [3.05, 3.63) is 12.4 Å². The second-order valence-corrected chi connectivity index (χ2v) is 7.30. The van der Waals surface area contributed by atoms with Crippen LogP contribution in [0, 0.1) is 5.92 Å². The molecule has 6 heteroatoms. The maximum Gasteiger partial charge on any atom is 0.498 e. The Kier molecular flexibility index (Phi) is 3.88. The minimum Gasteiger partial charge on any atom is -0.399 e. The van der Waals surface area contributed by atoms with E-state index in [1.54, 1.807) is 0 Å². The first-order valence-electron chi connectivity index (χ1n) is 7.96. The molecule has 0 bridgehead atoms. The average molecular weight is 291 g/mol. The van der Waals surface area contributed by atoms with Crippen molar-refractivity contribution in [3.8, 4) is 0 Å². The lowest BCUT2D eigenvalue weighted by Gasteiger charge is -2.32. The van der Waals surface area contributed by atoms with E-state index in [1.165, 1.54) is 12.8 Å². The van der Waals surface area contributed by atoms with Crippen LogP contribution in [-0.2, 0) is 15.9 Å². The first-order chi connectivity index (χ1) is 9.87. The lowest BCUT2D eigenvalue weighted by Crippen LogP contribution is -2.41. The molecule has 0 aromatic carbocycles. The van der Waals surface area contributed by atoms with Gasteiger partial charge in [-0.05, 0) is 59.5 Å². The van der Waals surface area contributed by atoms with E-state index in [0.29, 0.717) is 5.92 Å². The van der Waals surface area contributed by atoms with Gasteiger partial charge in [0.05, 0.1) is 11.2 Å². The molecule has 0 radical (unpaired) electrons. The monoisotopic (exact) mass is 291 g/mol. The summed E-state index contributed by atoms with van der Waals surface area (Å²) in [4.78, 5) is 0. The predicted octanol–water partition coefficient (Wildman–Crippen LogP) is 1.18. The second kappa shape index (κ2) is 5.41. The maximum atomic E-state index is 6.07. The Bertz CT molecular complexity index is 479. The molecular formula is C15H26BN3O2. The molecule has 3 rings (SSSR count). The van der Waals surface area contributed by atoms with Crippen molar-refractivity contribution in [2.75, 3.05) is 13.1 Å². The number of hydrogen-bond donors (Lipinski definition) is 1. The van der Waals surface area contributed by atoms with Crippen molar-refractivity contribution in [2.24, 2.45) is 5.92 Å². The molecule has 0 saturated carbocycles. The van der Waals surface area contributed by atoms with Gasteiger partial charge >= 0.3 is 7.12 Å². The van der Waals surface area contributed by atoms with Crippen LogP contribution in [0.4, 0.5) is 0 Å². The third-order valence-electron chi connectivity index (χ3n) is 5.02. The maximum absolute atomic E-state index is 6.07. The van der Waals surface area contributed by atoms with Gasteiger partial charge in [0, 0.05) is 24.4 Å². The standard InChI is InChI=1S/C15H26BN3O2/c1-14(2)15(3,4)21-16(20-14)13-9-18-19(11-13)10-12-6-5-7-17-8-12/h9,11-12,17H,5-8,10H2,1-4H3. The molecular weight excluding hydrogens is 265 g/mol. The zero-order valence-electron chi connectivity index (χ0n) is 13.6. The molecule has 1 aromatic heterocycles. The van der Waals surface area contributed by atoms with Crippen LogP contribution in [0.3, 0.4) is 0 Å². The van der Waals surface area contributed by atoms with Crippen LogP contribution < -0.4 is 10.8 Å². The van der Waals surface area contributed by atoms with E-state index in [2.05, 4.69) is 44.3 Å². The van der Waals surface area contributed by atoms with Crippen molar-refractivity contribution in [3.63, 3.8) is 0 Å². The summed E-state index contributed by atoms with van der Waals surface area (Å²) >= 11 is 0. The van der Waals surface area contributed by atoms with Crippen molar-refractivity contribution in [1.82, 2.24) is 15.1 Å². The average Bonchev–Trinajstić information content (AvgIpc) is 2.94. The summed E-state index contributed by atoms with van der Waals surface area (Å²) in [7, 11) is -0.312. The Morgan fingerprint density at radius 1 is 1.33 bits per heavy atom. The van der Waals surface area contributed by atoms with E-state index in [9.17, 15) is 0 Å². The van der Waals surface area contributed by atoms with Gasteiger partial charge in [0.1, 0.15) is 0 Å². The zero-order chi connectivity index (χ0) is 15.1. The van der Waals surface area contributed by atoms with Crippen molar-refractivity contribution >= 4 is 12.6 Å². The molecule has 1 aromatic rings. The molecule has 3 heterocycles. The largest absolute Gasteiger partial charge is 0.498 e. The van der Waals surface area contributed by atoms with Crippen LogP contribution in [0.15, 0.2) is 12.4 Å². The van der Waals surface area contributed by atoms with Crippen LogP contribution in [-0.4, -0.2) is 41.2 Å². The van der Waals surface area contributed by atoms with Crippen molar-refractivity contribution < 1.29 is 9.31 Å². The van der Waals surface area contributed by atoms with Crippen molar-refractivity contribution in [1.29, 1.82) is 0 Å². The summed E-state index contributed by atoms with van der Waals surface area (Å²) in [5.41, 5.74) is 0.414. The van der Waals surface area contributed by atoms with Gasteiger partial charge in [0.2, 0.25) is 0 Å². The molecule has 2 aliphatic rings. The van der Waals surface area contributed by atoms with Crippen LogP contribution in [0.5, 0.6) is 0 Å². The number of nitrogens with one attached hydrogen (secondary N) is 1. The lowest BCUT2D eigenvalue weighted by atomic mass is 9.82. The van der Waals surface area contributed by atoms with E-state index in [1.807, 2.05) is 10.9 Å². The number of nitrogens with zero attached hydrogens (tertiary/aromatic N) is 2. The van der Waals surface area contributed by atoms with Crippen LogP contribution in [0.2, 0.25) is 0 Å². The van der Waals surface area contributed by atoms with Gasteiger partial charge in [-0.1, -0.05) is 0 Å². The first kappa shape index (κ1) is 15.1. The number of rotatable bonds is 3. The van der Waals surface area contributed by atoms with E-state index in [4.69, 9.17) is 9.31 Å². The molecule has 2 saturated heterocycles. The molecule has 21 heavy (non-hydrogen) atoms. The van der Waals surface area contributed by atoms with Gasteiger partial charge < -0.3 is 14.6 Å². The summed E-state index contributed by atoms with van der Waals surface area (Å²) in [6, 6.07) is 0. The molecule has 0 spiro atoms. The highest BCUT2D eigenvalue weighted by Gasteiger charge is 2.52. The molecule has 5 nitrogen and oxygen atoms in total. The highest BCUT2D eigenvalue weighted by atomic mass is 16.7. The van der Waals surface area contributed by atoms with E-state index < -0.39 is 0 Å². The Morgan fingerprint density at radius 2 is 2.05 bits per heavy atom. The third kappa shape index (κ3) is 3.03. The van der Waals surface area contributed by atoms with Crippen LogP contribution >= 0.6 is 0 Å². The Labute approximate surface area is 127 Å². The summed E-state index contributed by atoms with van der Waals surface area (Å²) < 4.78 is 14.2. The number of aromatic nitrogens is 2. The molecule has 2 fully saturated rings. The molecule has 2 aliphatic heterocycles. The van der Waals surface area contributed by atoms with Gasteiger partial charge in [0.15, 0.2) is 0 Å². The van der Waals surface area contributed by atoms with Gasteiger partial charge in [-0.25, -0.2) is 0 Å². The summed E-state index contributed by atoms with van der Waals surface area (Å²) in [5, 5.41) is 7.93. The van der Waals surface area contributed by atoms with Crippen molar-refractivity contribution in [2.45, 2.75) is 58.3 Å². The zero-order valence-corrected chi connectivity index (χ0v) is 13.6. The first-order valence-corrected chi connectivity index (χ1v) is 7.96. The van der Waals surface area contributed by atoms with E-state index >= 15 is 0 Å². The fraction of sp³-hybridized carbons (Fsp3) is 0.800. The summed E-state index contributed by atoms with van der Waals surface area (Å²) in [6.07, 6.45) is 6.48. The second-order valence-electron chi connectivity index (χ2n) is 7.30. The number of piperidine rings is 1. The quantitative estimate of drug-likeness (QED) is 0.850. The molecule has 1 atom stereocenters. The molecule has 0 amide bonds. The van der Waals surface area contributed by atoms with E-state index in [-0.39, 0.29) is 18.3 Å². The Hall–Kier alpha value is -0.845. The minimum atomic E-state index is -0.312. The SMILES string of the molecule is CC1(C)OB(c2cnn(CC3CCCNC3)c2)OC1(C)C. The lowest BCUT2D eigenvalue weighted by molar-refractivity contribution is 0.00578. The van der Waals surface area contributed by atoms with Gasteiger partial charge in [0.25, 0.3) is 0 Å². The molecule has 1 unspecified atom stereocenters. The highest BCUT2D eigenvalue weighted by Crippen LogP contribution is 2.36. The smallest absolute Gasteiger partial charge is 0.399 e. The fourth-order valence-electron chi connectivity index (χ4n) is 2.92. The van der Waals surface area contributed by atoms with Gasteiger partial charge in [-0.2, -0.15) is 5.10 Å². The Morgan fingerprint density at radius 3 is 2.67 bits per heavy atom. The molecule has 0 aliphatic carbocycles. The summed E-state index contributed by atoms with van der Waals surface area (Å²) in [5.74, 6) is 0.671. The number of hydrogen-bond acceptors (Lipinski definition) is 4. The van der Waals surface area contributed by atoms with Crippen LogP contribution in [0.25, 0.3) is 0 Å². The Balaban J connectivity index is 1.65. The van der Waals surface area contributed by atoms with Crippen LogP contribution in [0.1, 0.15) is 40.5 Å². The topological polar surface area (TPSA) is 48.3 Å². The summed E-state index contributed by atoms with van der Waals surface area (Å²) in [6.45, 7) is 11.5. The predicted molar refractivity (Wildman–Crippen MR) is 83.5 cm³/mol. The van der Waals surface area contributed by atoms with E-state index in [0.717, 1.165) is 25.1 Å². The van der Waals surface area contributed by atoms with Gasteiger partial charge in [-0.3, -0.25) is 4.68 Å². The minimum absolute atomic E-state index is 0.299. The molecule has 116 valence electrons. The fourth-order valence-corrected chi connectivity index (χ4v) is 2.92.